The zero-order valence-corrected chi connectivity index (χ0v) is 9.81. The maximum absolute atomic E-state index is 9.86. The van der Waals surface area contributed by atoms with Crippen LogP contribution >= 0.6 is 34.8 Å². The van der Waals surface area contributed by atoms with Gasteiger partial charge in [0.25, 0.3) is 6.47 Å². The Labute approximate surface area is 102 Å². The minimum absolute atomic E-state index is 0.195. The molecule has 0 aromatic heterocycles. The van der Waals surface area contributed by atoms with Gasteiger partial charge in [0.1, 0.15) is 6.61 Å². The number of hydrogen-bond donors (Lipinski definition) is 0. The van der Waals surface area contributed by atoms with E-state index in [2.05, 4.69) is 4.74 Å². The van der Waals surface area contributed by atoms with E-state index in [0.717, 1.165) is 5.56 Å². The minimum atomic E-state index is 0.195. The molecule has 0 fully saturated rings. The first kappa shape index (κ1) is 12.4. The van der Waals surface area contributed by atoms with Crippen molar-refractivity contribution in [3.8, 4) is 0 Å². The lowest BCUT2D eigenvalue weighted by Crippen LogP contribution is -1.86. The number of halogens is 3. The first-order valence-corrected chi connectivity index (χ1v) is 5.15. The third-order valence-corrected chi connectivity index (χ3v) is 2.93. The molecule has 0 N–H and O–H groups in total. The Morgan fingerprint density at radius 3 is 2.60 bits per heavy atom. The molecule has 2 nitrogen and oxygen atoms in total. The summed E-state index contributed by atoms with van der Waals surface area (Å²) in [5.41, 5.74) is 0.723. The van der Waals surface area contributed by atoms with Crippen LogP contribution in [0.15, 0.2) is 18.2 Å². The van der Waals surface area contributed by atoms with E-state index in [0.29, 0.717) is 21.5 Å². The molecule has 0 atom stereocenters. The SMILES string of the molecule is O=COCC=Cc1ccc(Cl)c(Cl)c1Cl. The predicted molar refractivity (Wildman–Crippen MR) is 62.5 cm³/mol. The second-order valence-corrected chi connectivity index (χ2v) is 3.76. The summed E-state index contributed by atoms with van der Waals surface area (Å²) in [7, 11) is 0. The molecule has 5 heteroatoms. The second kappa shape index (κ2) is 6.01. The third-order valence-electron chi connectivity index (χ3n) is 1.62. The van der Waals surface area contributed by atoms with E-state index in [4.69, 9.17) is 34.8 Å². The van der Waals surface area contributed by atoms with Gasteiger partial charge in [-0.1, -0.05) is 46.9 Å². The molecule has 1 aromatic carbocycles. The van der Waals surface area contributed by atoms with Gasteiger partial charge in [-0.15, -0.1) is 0 Å². The fraction of sp³-hybridized carbons (Fsp3) is 0.100. The molecular formula is C10H7Cl3O2. The van der Waals surface area contributed by atoms with Gasteiger partial charge >= 0.3 is 0 Å². The van der Waals surface area contributed by atoms with Crippen LogP contribution in [0.25, 0.3) is 6.08 Å². The highest BCUT2D eigenvalue weighted by Crippen LogP contribution is 2.33. The normalized spacial score (nSPS) is 10.6. The van der Waals surface area contributed by atoms with Crippen molar-refractivity contribution < 1.29 is 9.53 Å². The first-order valence-electron chi connectivity index (χ1n) is 4.02. The molecule has 0 bridgehead atoms. The zero-order chi connectivity index (χ0) is 11.3. The van der Waals surface area contributed by atoms with Crippen molar-refractivity contribution >= 4 is 47.4 Å². The van der Waals surface area contributed by atoms with E-state index in [1.807, 2.05) is 0 Å². The molecule has 0 heterocycles. The van der Waals surface area contributed by atoms with Crippen LogP contribution in [0.3, 0.4) is 0 Å². The molecule has 0 aliphatic heterocycles. The molecule has 0 aliphatic rings. The van der Waals surface area contributed by atoms with Crippen molar-refractivity contribution in [2.45, 2.75) is 0 Å². The van der Waals surface area contributed by atoms with Crippen molar-refractivity contribution in [2.75, 3.05) is 6.61 Å². The number of rotatable bonds is 4. The molecule has 0 spiro atoms. The fourth-order valence-corrected chi connectivity index (χ4v) is 1.55. The lowest BCUT2D eigenvalue weighted by molar-refractivity contribution is -0.127. The summed E-state index contributed by atoms with van der Waals surface area (Å²) in [6.45, 7) is 0.570. The topological polar surface area (TPSA) is 26.3 Å². The third kappa shape index (κ3) is 3.42. The number of ether oxygens (including phenoxy) is 1. The van der Waals surface area contributed by atoms with Crippen LogP contribution in [0.4, 0.5) is 0 Å². The lowest BCUT2D eigenvalue weighted by Gasteiger charge is -2.02. The molecule has 15 heavy (non-hydrogen) atoms. The van der Waals surface area contributed by atoms with E-state index in [1.165, 1.54) is 0 Å². The van der Waals surface area contributed by atoms with Crippen LogP contribution < -0.4 is 0 Å². The van der Waals surface area contributed by atoms with Gasteiger partial charge in [0.15, 0.2) is 0 Å². The number of hydrogen-bond acceptors (Lipinski definition) is 2. The molecule has 0 saturated carbocycles. The van der Waals surface area contributed by atoms with Crippen LogP contribution in [0.2, 0.25) is 15.1 Å². The highest BCUT2D eigenvalue weighted by atomic mass is 35.5. The summed E-state index contributed by atoms with van der Waals surface area (Å²) >= 11 is 17.5. The smallest absolute Gasteiger partial charge is 0.293 e. The fourth-order valence-electron chi connectivity index (χ4n) is 0.939. The summed E-state index contributed by atoms with van der Waals surface area (Å²) < 4.78 is 4.48. The predicted octanol–water partition coefficient (Wildman–Crippen LogP) is 3.83. The monoisotopic (exact) mass is 264 g/mol. The Kier molecular flexibility index (Phi) is 4.95. The van der Waals surface area contributed by atoms with Gasteiger partial charge in [0.05, 0.1) is 15.1 Å². The molecule has 0 radical (unpaired) electrons. The van der Waals surface area contributed by atoms with Crippen molar-refractivity contribution in [2.24, 2.45) is 0 Å². The van der Waals surface area contributed by atoms with Crippen molar-refractivity contribution in [1.82, 2.24) is 0 Å². The quantitative estimate of drug-likeness (QED) is 0.470. The van der Waals surface area contributed by atoms with E-state index >= 15 is 0 Å². The average molecular weight is 266 g/mol. The van der Waals surface area contributed by atoms with E-state index in [-0.39, 0.29) is 6.61 Å². The van der Waals surface area contributed by atoms with Crippen LogP contribution in [0, 0.1) is 0 Å². The summed E-state index contributed by atoms with van der Waals surface area (Å²) in [6.07, 6.45) is 3.36. The lowest BCUT2D eigenvalue weighted by atomic mass is 10.2. The van der Waals surface area contributed by atoms with Crippen LogP contribution in [-0.2, 0) is 9.53 Å². The Hall–Kier alpha value is -0.700. The Balaban J connectivity index is 2.82. The summed E-state index contributed by atoms with van der Waals surface area (Å²) in [5, 5.41) is 1.10. The Morgan fingerprint density at radius 2 is 1.93 bits per heavy atom. The van der Waals surface area contributed by atoms with Gasteiger partial charge in [-0.25, -0.2) is 0 Å². The highest BCUT2D eigenvalue weighted by Gasteiger charge is 2.05. The highest BCUT2D eigenvalue weighted by molar-refractivity contribution is 6.48. The van der Waals surface area contributed by atoms with Crippen molar-refractivity contribution in [3.05, 3.63) is 38.8 Å². The standard InChI is InChI=1S/C10H7Cl3O2/c11-8-4-3-7(9(12)10(8)13)2-1-5-15-6-14/h1-4,6H,5H2. The Bertz CT molecular complexity index is 388. The molecule has 0 unspecified atom stereocenters. The van der Waals surface area contributed by atoms with E-state index in [1.54, 1.807) is 24.3 Å². The largest absolute Gasteiger partial charge is 0.464 e. The maximum atomic E-state index is 9.86. The van der Waals surface area contributed by atoms with E-state index in [9.17, 15) is 4.79 Å². The van der Waals surface area contributed by atoms with Gasteiger partial charge in [-0.3, -0.25) is 4.79 Å². The Morgan fingerprint density at radius 1 is 1.20 bits per heavy atom. The van der Waals surface area contributed by atoms with E-state index < -0.39 is 0 Å². The van der Waals surface area contributed by atoms with Gasteiger partial charge in [-0.2, -0.15) is 0 Å². The average Bonchev–Trinajstić information content (AvgIpc) is 2.24. The molecule has 1 aromatic rings. The molecule has 0 aliphatic carbocycles. The summed E-state index contributed by atoms with van der Waals surface area (Å²) in [4.78, 5) is 9.86. The van der Waals surface area contributed by atoms with Crippen molar-refractivity contribution in [1.29, 1.82) is 0 Å². The second-order valence-electron chi connectivity index (χ2n) is 2.60. The van der Waals surface area contributed by atoms with Gasteiger partial charge in [-0.05, 0) is 17.7 Å². The van der Waals surface area contributed by atoms with Gasteiger partial charge in [0, 0.05) is 0 Å². The van der Waals surface area contributed by atoms with Crippen LogP contribution in [0.1, 0.15) is 5.56 Å². The molecule has 80 valence electrons. The summed E-state index contributed by atoms with van der Waals surface area (Å²) in [5.74, 6) is 0. The molecule has 1 rings (SSSR count). The van der Waals surface area contributed by atoms with Crippen molar-refractivity contribution in [3.63, 3.8) is 0 Å². The number of carbonyl (C=O) groups is 1. The van der Waals surface area contributed by atoms with Crippen LogP contribution in [-0.4, -0.2) is 13.1 Å². The maximum Gasteiger partial charge on any atom is 0.293 e. The first-order chi connectivity index (χ1) is 7.16. The number of carbonyl (C=O) groups excluding carboxylic acids is 1. The molecular weight excluding hydrogens is 258 g/mol. The molecule has 0 saturated heterocycles. The number of benzene rings is 1. The summed E-state index contributed by atoms with van der Waals surface area (Å²) in [6, 6.07) is 3.38. The minimum Gasteiger partial charge on any atom is -0.464 e. The van der Waals surface area contributed by atoms with Gasteiger partial charge < -0.3 is 4.74 Å². The molecule has 0 amide bonds. The van der Waals surface area contributed by atoms with Gasteiger partial charge in [0.2, 0.25) is 0 Å². The zero-order valence-electron chi connectivity index (χ0n) is 7.54. The van der Waals surface area contributed by atoms with Crippen LogP contribution in [0.5, 0.6) is 0 Å².